The third-order valence-electron chi connectivity index (χ3n) is 5.24. The van der Waals surface area contributed by atoms with Gasteiger partial charge < -0.3 is 9.88 Å². The average Bonchev–Trinajstić information content (AvgIpc) is 3.44. The van der Waals surface area contributed by atoms with Crippen LogP contribution in [0, 0.1) is 11.8 Å². The van der Waals surface area contributed by atoms with Crippen molar-refractivity contribution in [3.63, 3.8) is 0 Å². The molecule has 1 saturated carbocycles. The highest BCUT2D eigenvalue weighted by atomic mass is 16.2. The molecule has 1 aromatic heterocycles. The Morgan fingerprint density at radius 3 is 2.42 bits per heavy atom. The van der Waals surface area contributed by atoms with E-state index in [0.29, 0.717) is 31.5 Å². The Morgan fingerprint density at radius 2 is 1.69 bits per heavy atom. The van der Waals surface area contributed by atoms with Crippen LogP contribution in [0.1, 0.15) is 36.0 Å². The van der Waals surface area contributed by atoms with Gasteiger partial charge in [-0.15, -0.1) is 0 Å². The standard InChI is InChI=1S/C19H22N4O3/c24-17(12-7-9-23(10-8-12)19(26)13-5-6-13)21-22-18(25)15-11-20-16-4-2-1-3-14(15)16/h1-4,11-13,20H,5-10H2,(H,21,24)(H,22,25). The van der Waals surface area contributed by atoms with Gasteiger partial charge in [0.2, 0.25) is 11.8 Å². The lowest BCUT2D eigenvalue weighted by Gasteiger charge is -2.31. The molecule has 1 saturated heterocycles. The summed E-state index contributed by atoms with van der Waals surface area (Å²) in [7, 11) is 0. The zero-order valence-corrected chi connectivity index (χ0v) is 14.5. The predicted octanol–water partition coefficient (Wildman–Crippen LogP) is 1.58. The smallest absolute Gasteiger partial charge is 0.271 e. The highest BCUT2D eigenvalue weighted by molar-refractivity contribution is 6.07. The number of nitrogens with one attached hydrogen (secondary N) is 3. The van der Waals surface area contributed by atoms with E-state index in [2.05, 4.69) is 15.8 Å². The number of benzene rings is 1. The minimum absolute atomic E-state index is 0.179. The number of hydrogen-bond acceptors (Lipinski definition) is 3. The van der Waals surface area contributed by atoms with Gasteiger partial charge in [-0.3, -0.25) is 25.2 Å². The number of amides is 3. The number of fused-ring (bicyclic) bond motifs is 1. The third-order valence-corrected chi connectivity index (χ3v) is 5.24. The van der Waals surface area contributed by atoms with Crippen molar-refractivity contribution in [2.75, 3.05) is 13.1 Å². The first-order valence-electron chi connectivity index (χ1n) is 9.08. The van der Waals surface area contributed by atoms with Gasteiger partial charge in [0.15, 0.2) is 0 Å². The monoisotopic (exact) mass is 354 g/mol. The molecule has 0 unspecified atom stereocenters. The number of carbonyl (C=O) groups is 3. The fourth-order valence-corrected chi connectivity index (χ4v) is 3.50. The van der Waals surface area contributed by atoms with Crippen molar-refractivity contribution in [2.45, 2.75) is 25.7 Å². The van der Waals surface area contributed by atoms with Crippen LogP contribution in [0.25, 0.3) is 10.9 Å². The first-order chi connectivity index (χ1) is 12.6. The van der Waals surface area contributed by atoms with Crippen molar-refractivity contribution in [3.05, 3.63) is 36.0 Å². The Hall–Kier alpha value is -2.83. The van der Waals surface area contributed by atoms with Crippen LogP contribution in [-0.2, 0) is 9.59 Å². The number of H-pyrrole nitrogens is 1. The number of para-hydroxylation sites is 1. The number of likely N-dealkylation sites (tertiary alicyclic amines) is 1. The summed E-state index contributed by atoms with van der Waals surface area (Å²) in [6, 6.07) is 7.50. The average molecular weight is 354 g/mol. The molecular formula is C19H22N4O3. The van der Waals surface area contributed by atoms with Crippen LogP contribution in [0.5, 0.6) is 0 Å². The summed E-state index contributed by atoms with van der Waals surface area (Å²) in [5.74, 6) is -0.275. The molecule has 26 heavy (non-hydrogen) atoms. The van der Waals surface area contributed by atoms with Crippen LogP contribution in [-0.4, -0.2) is 40.7 Å². The molecule has 0 radical (unpaired) electrons. The Kier molecular flexibility index (Phi) is 4.36. The maximum absolute atomic E-state index is 12.3. The van der Waals surface area contributed by atoms with Crippen molar-refractivity contribution in [1.29, 1.82) is 0 Å². The molecule has 3 N–H and O–H groups in total. The van der Waals surface area contributed by atoms with Gasteiger partial charge in [0.05, 0.1) is 5.56 Å². The molecule has 1 aliphatic carbocycles. The van der Waals surface area contributed by atoms with Gasteiger partial charge in [-0.05, 0) is 31.7 Å². The second kappa shape index (κ2) is 6.82. The van der Waals surface area contributed by atoms with E-state index in [9.17, 15) is 14.4 Å². The number of hydrogen-bond donors (Lipinski definition) is 3. The predicted molar refractivity (Wildman–Crippen MR) is 95.9 cm³/mol. The third kappa shape index (κ3) is 3.29. The summed E-state index contributed by atoms with van der Waals surface area (Å²) in [6.45, 7) is 1.23. The van der Waals surface area contributed by atoms with Gasteiger partial charge in [0, 0.05) is 42.0 Å². The van der Waals surface area contributed by atoms with Crippen molar-refractivity contribution in [3.8, 4) is 0 Å². The molecule has 2 heterocycles. The molecular weight excluding hydrogens is 332 g/mol. The minimum Gasteiger partial charge on any atom is -0.360 e. The number of piperidine rings is 1. The first kappa shape index (κ1) is 16.6. The molecule has 2 aliphatic rings. The minimum atomic E-state index is -0.350. The van der Waals surface area contributed by atoms with Crippen LogP contribution < -0.4 is 10.9 Å². The van der Waals surface area contributed by atoms with Gasteiger partial charge in [-0.2, -0.15) is 0 Å². The molecule has 0 bridgehead atoms. The van der Waals surface area contributed by atoms with Gasteiger partial charge in [-0.1, -0.05) is 18.2 Å². The summed E-state index contributed by atoms with van der Waals surface area (Å²) in [5, 5.41) is 0.811. The number of aromatic nitrogens is 1. The van der Waals surface area contributed by atoms with E-state index in [4.69, 9.17) is 0 Å². The Labute approximate surface area is 151 Å². The lowest BCUT2D eigenvalue weighted by Crippen LogP contribution is -2.48. The quantitative estimate of drug-likeness (QED) is 0.731. The summed E-state index contributed by atoms with van der Waals surface area (Å²) in [5.41, 5.74) is 6.39. The zero-order chi connectivity index (χ0) is 18.1. The summed E-state index contributed by atoms with van der Waals surface area (Å²) in [6.07, 6.45) is 4.90. The van der Waals surface area contributed by atoms with Gasteiger partial charge >= 0.3 is 0 Å². The molecule has 0 spiro atoms. The molecule has 1 aliphatic heterocycles. The number of nitrogens with zero attached hydrogens (tertiary/aromatic N) is 1. The van der Waals surface area contributed by atoms with Crippen molar-refractivity contribution in [1.82, 2.24) is 20.7 Å². The Bertz CT molecular complexity index is 847. The molecule has 136 valence electrons. The van der Waals surface area contributed by atoms with E-state index in [1.807, 2.05) is 29.2 Å². The Morgan fingerprint density at radius 1 is 0.962 bits per heavy atom. The number of aromatic amines is 1. The Balaban J connectivity index is 1.29. The first-order valence-corrected chi connectivity index (χ1v) is 9.08. The normalized spacial score (nSPS) is 17.9. The maximum Gasteiger partial charge on any atom is 0.271 e. The second-order valence-electron chi connectivity index (χ2n) is 7.07. The molecule has 2 fully saturated rings. The maximum atomic E-state index is 12.3. The fraction of sp³-hybridized carbons (Fsp3) is 0.421. The number of rotatable bonds is 3. The van der Waals surface area contributed by atoms with E-state index < -0.39 is 0 Å². The molecule has 3 amide bonds. The number of carbonyl (C=O) groups excluding carboxylic acids is 3. The molecule has 7 nitrogen and oxygen atoms in total. The van der Waals surface area contributed by atoms with Crippen LogP contribution >= 0.6 is 0 Å². The summed E-state index contributed by atoms with van der Waals surface area (Å²) in [4.78, 5) is 41.6. The van der Waals surface area contributed by atoms with Crippen LogP contribution in [0.4, 0.5) is 0 Å². The largest absolute Gasteiger partial charge is 0.360 e. The highest BCUT2D eigenvalue weighted by Crippen LogP contribution is 2.32. The molecule has 2 aromatic rings. The van der Waals surface area contributed by atoms with Gasteiger partial charge in [0.1, 0.15) is 0 Å². The molecule has 0 atom stereocenters. The lowest BCUT2D eigenvalue weighted by atomic mass is 9.96. The van der Waals surface area contributed by atoms with Crippen LogP contribution in [0.2, 0.25) is 0 Å². The molecule has 7 heteroatoms. The molecule has 4 rings (SSSR count). The topological polar surface area (TPSA) is 94.3 Å². The van der Waals surface area contributed by atoms with Crippen molar-refractivity contribution in [2.24, 2.45) is 11.8 Å². The zero-order valence-electron chi connectivity index (χ0n) is 14.5. The second-order valence-corrected chi connectivity index (χ2v) is 7.07. The summed E-state index contributed by atoms with van der Waals surface area (Å²) < 4.78 is 0. The van der Waals surface area contributed by atoms with E-state index in [0.717, 1.165) is 23.7 Å². The van der Waals surface area contributed by atoms with Gasteiger partial charge in [0.25, 0.3) is 5.91 Å². The summed E-state index contributed by atoms with van der Waals surface area (Å²) >= 11 is 0. The van der Waals surface area contributed by atoms with Crippen molar-refractivity contribution >= 4 is 28.6 Å². The van der Waals surface area contributed by atoms with Crippen LogP contribution in [0.3, 0.4) is 0 Å². The molecule has 1 aromatic carbocycles. The number of hydrazine groups is 1. The fourth-order valence-electron chi connectivity index (χ4n) is 3.50. The van der Waals surface area contributed by atoms with Gasteiger partial charge in [-0.25, -0.2) is 0 Å². The SMILES string of the molecule is O=C(NNC(=O)C1CCN(C(=O)C2CC2)CC1)c1c[nH]c2ccccc12. The van der Waals surface area contributed by atoms with E-state index in [1.54, 1.807) is 6.20 Å². The highest BCUT2D eigenvalue weighted by Gasteiger charge is 2.36. The van der Waals surface area contributed by atoms with Crippen molar-refractivity contribution < 1.29 is 14.4 Å². The van der Waals surface area contributed by atoms with E-state index >= 15 is 0 Å². The van der Waals surface area contributed by atoms with Crippen LogP contribution in [0.15, 0.2) is 30.5 Å². The van der Waals surface area contributed by atoms with E-state index in [1.165, 1.54) is 0 Å². The lowest BCUT2D eigenvalue weighted by molar-refractivity contribution is -0.136. The van der Waals surface area contributed by atoms with E-state index in [-0.39, 0.29) is 29.6 Å².